The minimum atomic E-state index is -3.53. The molecule has 0 aliphatic carbocycles. The Kier molecular flexibility index (Phi) is 6.97. The summed E-state index contributed by atoms with van der Waals surface area (Å²) in [5.74, 6) is -0.668. The molecule has 180 valence electrons. The lowest BCUT2D eigenvalue weighted by Gasteiger charge is -2.24. The lowest BCUT2D eigenvalue weighted by atomic mass is 9.83. The highest BCUT2D eigenvalue weighted by atomic mass is 32.2. The summed E-state index contributed by atoms with van der Waals surface area (Å²) in [6, 6.07) is 8.59. The van der Waals surface area contributed by atoms with E-state index in [1.807, 2.05) is 20.8 Å². The highest BCUT2D eigenvalue weighted by Gasteiger charge is 2.23. The molecular weight excluding hydrogens is 462 g/mol. The summed E-state index contributed by atoms with van der Waals surface area (Å²) in [6.45, 7) is 5.93. The van der Waals surface area contributed by atoms with E-state index in [0.717, 1.165) is 30.1 Å². The number of aromatic nitrogens is 1. The lowest BCUT2D eigenvalue weighted by molar-refractivity contribution is 0.397. The van der Waals surface area contributed by atoms with Gasteiger partial charge in [0, 0.05) is 28.5 Å². The second kappa shape index (κ2) is 9.42. The summed E-state index contributed by atoms with van der Waals surface area (Å²) in [5, 5.41) is 0. The first-order valence-corrected chi connectivity index (χ1v) is 12.2. The molecule has 0 amide bonds. The van der Waals surface area contributed by atoms with E-state index in [9.17, 15) is 22.0 Å². The van der Waals surface area contributed by atoms with E-state index < -0.39 is 27.2 Å². The van der Waals surface area contributed by atoms with Crippen LogP contribution in [0.1, 0.15) is 37.5 Å². The number of H-pyrrole nitrogens is 1. The number of benzene rings is 2. The van der Waals surface area contributed by atoms with Crippen molar-refractivity contribution in [2.45, 2.75) is 26.2 Å². The van der Waals surface area contributed by atoms with Crippen molar-refractivity contribution in [1.29, 1.82) is 0 Å². The van der Waals surface area contributed by atoms with Crippen LogP contribution in [0.5, 0.6) is 5.75 Å². The SMILES string of the molecule is COc1c(C=Cc2ccc(NS(C)(=O)=O)cc2F)cc(-c2cc(F)c[nH]c2=O)cc1C(C)(C)C. The number of sulfonamides is 1. The van der Waals surface area contributed by atoms with Gasteiger partial charge in [-0.15, -0.1) is 0 Å². The molecule has 3 aromatic rings. The second-order valence-electron chi connectivity index (χ2n) is 8.90. The van der Waals surface area contributed by atoms with Crippen LogP contribution in [0.4, 0.5) is 14.5 Å². The number of hydrogen-bond acceptors (Lipinski definition) is 4. The van der Waals surface area contributed by atoms with E-state index in [1.165, 1.54) is 25.3 Å². The molecule has 1 aromatic heterocycles. The van der Waals surface area contributed by atoms with Gasteiger partial charge in [0.25, 0.3) is 5.56 Å². The number of halogens is 2. The van der Waals surface area contributed by atoms with Gasteiger partial charge in [-0.1, -0.05) is 32.9 Å². The first-order chi connectivity index (χ1) is 15.8. The Morgan fingerprint density at radius 2 is 1.71 bits per heavy atom. The van der Waals surface area contributed by atoms with Crippen molar-refractivity contribution >= 4 is 27.9 Å². The van der Waals surface area contributed by atoms with E-state index in [0.29, 0.717) is 16.9 Å². The Morgan fingerprint density at radius 1 is 1.03 bits per heavy atom. The van der Waals surface area contributed by atoms with E-state index in [4.69, 9.17) is 4.74 Å². The molecule has 1 heterocycles. The highest BCUT2D eigenvalue weighted by Crippen LogP contribution is 2.38. The van der Waals surface area contributed by atoms with Crippen LogP contribution in [-0.2, 0) is 15.4 Å². The standard InChI is InChI=1S/C25H26F2N2O4S/c1-25(2,3)21-11-17(20-12-18(26)14-28-24(20)30)10-16(23(21)33-4)7-6-15-8-9-19(13-22(15)27)29-34(5,31)32/h6-14,29H,1-5H3,(H,28,30). The average Bonchev–Trinajstić information content (AvgIpc) is 2.72. The van der Waals surface area contributed by atoms with Crippen LogP contribution in [0.15, 0.2) is 47.4 Å². The Bertz CT molecular complexity index is 1420. The molecule has 0 saturated carbocycles. The van der Waals surface area contributed by atoms with Crippen molar-refractivity contribution in [2.24, 2.45) is 0 Å². The van der Waals surface area contributed by atoms with E-state index in [2.05, 4.69) is 9.71 Å². The van der Waals surface area contributed by atoms with Gasteiger partial charge in [-0.25, -0.2) is 17.2 Å². The Morgan fingerprint density at radius 3 is 2.29 bits per heavy atom. The van der Waals surface area contributed by atoms with Gasteiger partial charge in [0.05, 0.1) is 19.1 Å². The molecule has 0 radical (unpaired) electrons. The van der Waals surface area contributed by atoms with Gasteiger partial charge in [-0.2, -0.15) is 0 Å². The van der Waals surface area contributed by atoms with Crippen molar-refractivity contribution in [3.63, 3.8) is 0 Å². The van der Waals surface area contributed by atoms with Crippen molar-refractivity contribution < 1.29 is 21.9 Å². The Balaban J connectivity index is 2.14. The smallest absolute Gasteiger partial charge is 0.256 e. The fourth-order valence-electron chi connectivity index (χ4n) is 3.51. The second-order valence-corrected chi connectivity index (χ2v) is 10.6. The molecule has 3 rings (SSSR count). The first-order valence-electron chi connectivity index (χ1n) is 10.3. The molecule has 34 heavy (non-hydrogen) atoms. The van der Waals surface area contributed by atoms with Crippen molar-refractivity contribution in [3.8, 4) is 16.9 Å². The zero-order valence-electron chi connectivity index (χ0n) is 19.5. The zero-order valence-corrected chi connectivity index (χ0v) is 20.3. The average molecular weight is 489 g/mol. The monoisotopic (exact) mass is 488 g/mol. The molecule has 0 spiro atoms. The minimum Gasteiger partial charge on any atom is -0.496 e. The number of hydrogen-bond donors (Lipinski definition) is 2. The molecular formula is C25H26F2N2O4S. The first kappa shape index (κ1) is 25.2. The molecule has 0 fully saturated rings. The largest absolute Gasteiger partial charge is 0.496 e. The van der Waals surface area contributed by atoms with Gasteiger partial charge in [-0.05, 0) is 47.4 Å². The summed E-state index contributed by atoms with van der Waals surface area (Å²) >= 11 is 0. The van der Waals surface area contributed by atoms with Gasteiger partial charge in [0.1, 0.15) is 17.4 Å². The maximum atomic E-state index is 14.6. The van der Waals surface area contributed by atoms with Crippen LogP contribution in [0.2, 0.25) is 0 Å². The third kappa shape index (κ3) is 5.91. The minimum absolute atomic E-state index is 0.108. The molecule has 0 aliphatic heterocycles. The number of anilines is 1. The summed E-state index contributed by atoms with van der Waals surface area (Å²) in [7, 11) is -2.02. The molecule has 2 aromatic carbocycles. The summed E-state index contributed by atoms with van der Waals surface area (Å²) < 4.78 is 59.1. The third-order valence-electron chi connectivity index (χ3n) is 5.05. The molecule has 9 heteroatoms. The van der Waals surface area contributed by atoms with Crippen LogP contribution in [0.3, 0.4) is 0 Å². The number of ether oxygens (including phenoxy) is 1. The predicted octanol–water partition coefficient (Wildman–Crippen LogP) is 5.17. The molecule has 0 saturated heterocycles. The number of rotatable bonds is 6. The van der Waals surface area contributed by atoms with Gasteiger partial charge >= 0.3 is 0 Å². The lowest BCUT2D eigenvalue weighted by Crippen LogP contribution is -2.15. The van der Waals surface area contributed by atoms with Gasteiger partial charge in [0.15, 0.2) is 0 Å². The Hall–Kier alpha value is -3.46. The number of nitrogens with one attached hydrogen (secondary N) is 2. The molecule has 0 aliphatic rings. The molecule has 2 N–H and O–H groups in total. The quantitative estimate of drug-likeness (QED) is 0.469. The van der Waals surface area contributed by atoms with Crippen LogP contribution in [0, 0.1) is 11.6 Å². The summed E-state index contributed by atoms with van der Waals surface area (Å²) in [5.41, 5.74) is 1.49. The maximum absolute atomic E-state index is 14.6. The summed E-state index contributed by atoms with van der Waals surface area (Å²) in [4.78, 5) is 14.8. The molecule has 0 atom stereocenters. The zero-order chi connectivity index (χ0) is 25.3. The molecule has 6 nitrogen and oxygen atoms in total. The number of pyridine rings is 1. The highest BCUT2D eigenvalue weighted by molar-refractivity contribution is 7.92. The fourth-order valence-corrected chi connectivity index (χ4v) is 4.06. The number of aromatic amines is 1. The van der Waals surface area contributed by atoms with Crippen LogP contribution in [0.25, 0.3) is 23.3 Å². The van der Waals surface area contributed by atoms with Crippen LogP contribution >= 0.6 is 0 Å². The van der Waals surface area contributed by atoms with Gasteiger partial charge in [0.2, 0.25) is 10.0 Å². The summed E-state index contributed by atoms with van der Waals surface area (Å²) in [6.07, 6.45) is 5.12. The van der Waals surface area contributed by atoms with Crippen molar-refractivity contribution in [3.05, 3.63) is 81.3 Å². The van der Waals surface area contributed by atoms with Crippen LogP contribution in [-0.4, -0.2) is 26.8 Å². The van der Waals surface area contributed by atoms with Gasteiger partial charge < -0.3 is 9.72 Å². The van der Waals surface area contributed by atoms with Crippen molar-refractivity contribution in [2.75, 3.05) is 18.1 Å². The van der Waals surface area contributed by atoms with E-state index >= 15 is 0 Å². The van der Waals surface area contributed by atoms with E-state index in [-0.39, 0.29) is 22.2 Å². The van der Waals surface area contributed by atoms with Gasteiger partial charge in [-0.3, -0.25) is 9.52 Å². The molecule has 0 bridgehead atoms. The third-order valence-corrected chi connectivity index (χ3v) is 5.66. The number of methoxy groups -OCH3 is 1. The maximum Gasteiger partial charge on any atom is 0.256 e. The van der Waals surface area contributed by atoms with E-state index in [1.54, 1.807) is 18.2 Å². The molecule has 0 unspecified atom stereocenters. The fraction of sp³-hybridized carbons (Fsp3) is 0.240. The predicted molar refractivity (Wildman–Crippen MR) is 132 cm³/mol. The Labute approximate surface area is 197 Å². The topological polar surface area (TPSA) is 88.3 Å². The normalized spacial score (nSPS) is 12.2. The van der Waals surface area contributed by atoms with Crippen molar-refractivity contribution in [1.82, 2.24) is 4.98 Å². The van der Waals surface area contributed by atoms with Crippen LogP contribution < -0.4 is 15.0 Å².